The molecule has 0 saturated heterocycles. The minimum absolute atomic E-state index is 0.00440. The van der Waals surface area contributed by atoms with Crippen molar-refractivity contribution < 1.29 is 9.63 Å². The van der Waals surface area contributed by atoms with Crippen LogP contribution in [-0.4, -0.2) is 19.4 Å². The van der Waals surface area contributed by atoms with Crippen LogP contribution in [0, 0.1) is 0 Å². The zero-order valence-electron chi connectivity index (χ0n) is 9.31. The van der Waals surface area contributed by atoms with Crippen molar-refractivity contribution in [2.75, 3.05) is 7.05 Å². The number of amidine groups is 1. The van der Waals surface area contributed by atoms with E-state index in [0.29, 0.717) is 12.3 Å². The van der Waals surface area contributed by atoms with Crippen LogP contribution < -0.4 is 11.2 Å². The van der Waals surface area contributed by atoms with Crippen LogP contribution in [0.25, 0.3) is 0 Å². The lowest BCUT2D eigenvalue weighted by atomic mass is 10.1. The molecule has 1 aromatic carbocycles. The molecule has 16 heavy (non-hydrogen) atoms. The first-order valence-corrected chi connectivity index (χ1v) is 4.87. The van der Waals surface area contributed by atoms with E-state index in [1.807, 2.05) is 31.2 Å². The van der Waals surface area contributed by atoms with Gasteiger partial charge < -0.3 is 10.6 Å². The smallest absolute Gasteiger partial charge is 0.320 e. The summed E-state index contributed by atoms with van der Waals surface area (Å²) in [6.07, 6.45) is 0. The van der Waals surface area contributed by atoms with Gasteiger partial charge in [0.05, 0.1) is 0 Å². The lowest BCUT2D eigenvalue weighted by Crippen LogP contribution is -2.24. The van der Waals surface area contributed by atoms with Gasteiger partial charge in [0.15, 0.2) is 5.84 Å². The Morgan fingerprint density at radius 1 is 1.50 bits per heavy atom. The van der Waals surface area contributed by atoms with Crippen molar-refractivity contribution in [2.45, 2.75) is 13.0 Å². The number of hydrogen-bond acceptors (Lipinski definition) is 4. The third-order valence-corrected chi connectivity index (χ3v) is 2.14. The molecule has 3 N–H and O–H groups in total. The van der Waals surface area contributed by atoms with E-state index in [4.69, 9.17) is 5.73 Å². The SMILES string of the molecule is CN=C(NOC=O)c1ccc(C(C)N)cc1. The zero-order chi connectivity index (χ0) is 12.0. The van der Waals surface area contributed by atoms with Gasteiger partial charge in [-0.15, -0.1) is 0 Å². The van der Waals surface area contributed by atoms with E-state index in [0.717, 1.165) is 11.1 Å². The van der Waals surface area contributed by atoms with Crippen LogP contribution in [-0.2, 0) is 9.63 Å². The second-order valence-electron chi connectivity index (χ2n) is 3.30. The molecule has 5 heteroatoms. The van der Waals surface area contributed by atoms with Crippen LogP contribution in [0.2, 0.25) is 0 Å². The van der Waals surface area contributed by atoms with Crippen molar-refractivity contribution in [1.29, 1.82) is 0 Å². The molecule has 86 valence electrons. The number of hydroxylamine groups is 1. The molecular weight excluding hydrogens is 206 g/mol. The zero-order valence-corrected chi connectivity index (χ0v) is 9.31. The number of aliphatic imine (C=N–C) groups is 1. The standard InChI is InChI=1S/C11H15N3O2/c1-8(12)9-3-5-10(6-4-9)11(13-2)14-16-7-15/h3-8H,12H2,1-2H3,(H,13,14). The normalized spacial score (nSPS) is 13.1. The van der Waals surface area contributed by atoms with E-state index in [1.54, 1.807) is 7.05 Å². The van der Waals surface area contributed by atoms with Crippen LogP contribution in [0.5, 0.6) is 0 Å². The largest absolute Gasteiger partial charge is 0.345 e. The highest BCUT2D eigenvalue weighted by Gasteiger charge is 2.04. The number of carbonyl (C=O) groups is 1. The van der Waals surface area contributed by atoms with E-state index >= 15 is 0 Å². The summed E-state index contributed by atoms with van der Waals surface area (Å²) in [5, 5.41) is 0. The predicted molar refractivity (Wildman–Crippen MR) is 61.8 cm³/mol. The first kappa shape index (κ1) is 12.2. The molecule has 1 atom stereocenters. The maximum atomic E-state index is 10.0. The lowest BCUT2D eigenvalue weighted by Gasteiger charge is -2.09. The summed E-state index contributed by atoms with van der Waals surface area (Å²) < 4.78 is 0. The van der Waals surface area contributed by atoms with Crippen molar-refractivity contribution in [1.82, 2.24) is 5.48 Å². The molecule has 0 bridgehead atoms. The van der Waals surface area contributed by atoms with Gasteiger partial charge in [0, 0.05) is 18.7 Å². The Morgan fingerprint density at radius 3 is 2.56 bits per heavy atom. The van der Waals surface area contributed by atoms with Crippen LogP contribution in [0.4, 0.5) is 0 Å². The predicted octanol–water partition coefficient (Wildman–Crippen LogP) is 0.760. The van der Waals surface area contributed by atoms with E-state index in [-0.39, 0.29) is 6.04 Å². The molecule has 5 nitrogen and oxygen atoms in total. The maximum Gasteiger partial charge on any atom is 0.320 e. The average Bonchev–Trinajstić information content (AvgIpc) is 2.30. The number of nitrogens with zero attached hydrogens (tertiary/aromatic N) is 1. The molecule has 0 spiro atoms. The minimum atomic E-state index is -0.00440. The first-order valence-electron chi connectivity index (χ1n) is 4.87. The Hall–Kier alpha value is -1.88. The minimum Gasteiger partial charge on any atom is -0.345 e. The van der Waals surface area contributed by atoms with Gasteiger partial charge >= 0.3 is 6.47 Å². The fourth-order valence-corrected chi connectivity index (χ4v) is 1.26. The molecular formula is C11H15N3O2. The number of hydrogen-bond donors (Lipinski definition) is 2. The fraction of sp³-hybridized carbons (Fsp3) is 0.273. The number of rotatable bonds is 4. The number of nitrogens with two attached hydrogens (primary N) is 1. The van der Waals surface area contributed by atoms with Crippen molar-refractivity contribution in [2.24, 2.45) is 10.7 Å². The van der Waals surface area contributed by atoms with Crippen molar-refractivity contribution in [3.63, 3.8) is 0 Å². The molecule has 0 fully saturated rings. The monoisotopic (exact) mass is 221 g/mol. The molecule has 1 unspecified atom stereocenters. The third-order valence-electron chi connectivity index (χ3n) is 2.14. The summed E-state index contributed by atoms with van der Waals surface area (Å²) in [5.41, 5.74) is 10.0. The molecule has 0 aliphatic rings. The van der Waals surface area contributed by atoms with E-state index in [9.17, 15) is 4.79 Å². The lowest BCUT2D eigenvalue weighted by molar-refractivity contribution is -0.132. The Balaban J connectivity index is 2.83. The van der Waals surface area contributed by atoms with E-state index < -0.39 is 0 Å². The van der Waals surface area contributed by atoms with Crippen molar-refractivity contribution in [3.8, 4) is 0 Å². The molecule has 0 aromatic heterocycles. The van der Waals surface area contributed by atoms with Crippen LogP contribution >= 0.6 is 0 Å². The highest BCUT2D eigenvalue weighted by molar-refractivity contribution is 5.98. The van der Waals surface area contributed by atoms with Gasteiger partial charge in [-0.05, 0) is 12.5 Å². The molecule has 0 aliphatic heterocycles. The number of nitrogens with one attached hydrogen (secondary N) is 1. The van der Waals surface area contributed by atoms with Crippen LogP contribution in [0.15, 0.2) is 29.3 Å². The Labute approximate surface area is 94.3 Å². The summed E-state index contributed by atoms with van der Waals surface area (Å²) >= 11 is 0. The quantitative estimate of drug-likeness (QED) is 0.340. The second-order valence-corrected chi connectivity index (χ2v) is 3.30. The first-order chi connectivity index (χ1) is 7.69. The summed E-state index contributed by atoms with van der Waals surface area (Å²) in [6, 6.07) is 7.54. The summed E-state index contributed by atoms with van der Waals surface area (Å²) in [5.74, 6) is 0.489. The Bertz CT molecular complexity index is 371. The third kappa shape index (κ3) is 3.06. The Morgan fingerprint density at radius 2 is 2.12 bits per heavy atom. The summed E-state index contributed by atoms with van der Waals surface area (Å²) in [6.45, 7) is 2.22. The average molecular weight is 221 g/mol. The van der Waals surface area contributed by atoms with Crippen LogP contribution in [0.3, 0.4) is 0 Å². The summed E-state index contributed by atoms with van der Waals surface area (Å²) in [4.78, 5) is 18.4. The topological polar surface area (TPSA) is 76.7 Å². The van der Waals surface area contributed by atoms with Crippen molar-refractivity contribution in [3.05, 3.63) is 35.4 Å². The van der Waals surface area contributed by atoms with Gasteiger partial charge in [0.25, 0.3) is 0 Å². The van der Waals surface area contributed by atoms with Gasteiger partial charge in [0.2, 0.25) is 0 Å². The number of carbonyl (C=O) groups excluding carboxylic acids is 1. The summed E-state index contributed by atoms with van der Waals surface area (Å²) in [7, 11) is 1.61. The van der Waals surface area contributed by atoms with Gasteiger partial charge in [-0.2, -0.15) is 0 Å². The van der Waals surface area contributed by atoms with Crippen LogP contribution in [0.1, 0.15) is 24.1 Å². The van der Waals surface area contributed by atoms with Crippen molar-refractivity contribution >= 4 is 12.3 Å². The Kier molecular flexibility index (Phi) is 4.47. The molecule has 1 rings (SSSR count). The fourth-order valence-electron chi connectivity index (χ4n) is 1.26. The molecule has 0 heterocycles. The van der Waals surface area contributed by atoms with E-state index in [1.165, 1.54) is 0 Å². The molecule has 0 amide bonds. The number of benzene rings is 1. The highest BCUT2D eigenvalue weighted by Crippen LogP contribution is 2.10. The molecule has 0 aliphatic carbocycles. The van der Waals surface area contributed by atoms with Gasteiger partial charge in [-0.1, -0.05) is 24.3 Å². The molecule has 1 aromatic rings. The second kappa shape index (κ2) is 5.87. The van der Waals surface area contributed by atoms with Gasteiger partial charge in [0.1, 0.15) is 0 Å². The molecule has 0 saturated carbocycles. The maximum absolute atomic E-state index is 10.0. The van der Waals surface area contributed by atoms with E-state index in [2.05, 4.69) is 15.3 Å². The highest BCUT2D eigenvalue weighted by atomic mass is 16.7. The molecule has 0 radical (unpaired) electrons. The van der Waals surface area contributed by atoms with Gasteiger partial charge in [-0.25, -0.2) is 5.48 Å². The van der Waals surface area contributed by atoms with Gasteiger partial charge in [-0.3, -0.25) is 9.79 Å².